The van der Waals surface area contributed by atoms with Crippen LogP contribution in [0.25, 0.3) is 33.1 Å². The van der Waals surface area contributed by atoms with Gasteiger partial charge in [-0.15, -0.1) is 12.4 Å². The summed E-state index contributed by atoms with van der Waals surface area (Å²) in [4.78, 5) is 4.78. The molecule has 0 unspecified atom stereocenters. The fraction of sp³-hybridized carbons (Fsp3) is 0.273. The van der Waals surface area contributed by atoms with E-state index in [1.807, 2.05) is 26.0 Å². The highest BCUT2D eigenvalue weighted by Gasteiger charge is 2.18. The standard InChI is InChI=1S/C22H22ClN3O4.ClH/c1-4-29-7-8-30-19-10-14-15(11-18(19)28-3)21(13-5-6-17(27)16(23)9-13)24-22-20(14)12(2)25-26-22;/h5-6,9-11,27H,4,7-8H2,1-3H3,(H,24,25,26);1H. The number of fused-ring (bicyclic) bond motifs is 3. The highest BCUT2D eigenvalue weighted by molar-refractivity contribution is 6.32. The second kappa shape index (κ2) is 9.60. The third kappa shape index (κ3) is 4.35. The molecule has 2 heterocycles. The summed E-state index contributed by atoms with van der Waals surface area (Å²) in [6.07, 6.45) is 0. The maximum absolute atomic E-state index is 9.80. The van der Waals surface area contributed by atoms with E-state index in [1.54, 1.807) is 25.3 Å². The van der Waals surface area contributed by atoms with Crippen molar-refractivity contribution in [3.63, 3.8) is 0 Å². The first-order valence-electron chi connectivity index (χ1n) is 9.59. The summed E-state index contributed by atoms with van der Waals surface area (Å²) in [7, 11) is 1.60. The maximum atomic E-state index is 9.80. The Bertz CT molecular complexity index is 1230. The average Bonchev–Trinajstić information content (AvgIpc) is 3.13. The topological polar surface area (TPSA) is 89.5 Å². The van der Waals surface area contributed by atoms with Crippen molar-refractivity contribution in [3.05, 3.63) is 41.0 Å². The first-order valence-corrected chi connectivity index (χ1v) is 9.97. The number of methoxy groups -OCH3 is 1. The van der Waals surface area contributed by atoms with Crippen molar-refractivity contribution < 1.29 is 19.3 Å². The van der Waals surface area contributed by atoms with Crippen molar-refractivity contribution in [1.82, 2.24) is 15.2 Å². The number of aromatic amines is 1. The van der Waals surface area contributed by atoms with Gasteiger partial charge in [-0.05, 0) is 44.2 Å². The number of nitrogens with zero attached hydrogens (tertiary/aromatic N) is 2. The number of aromatic nitrogens is 3. The van der Waals surface area contributed by atoms with Crippen molar-refractivity contribution in [2.24, 2.45) is 0 Å². The SMILES string of the molecule is CCOCCOc1cc2c(cc1OC)c(-c1ccc(O)c(Cl)c1)nc1[nH]nc(C)c12.Cl. The highest BCUT2D eigenvalue weighted by atomic mass is 35.5. The van der Waals surface area contributed by atoms with E-state index in [4.69, 9.17) is 30.8 Å². The van der Waals surface area contributed by atoms with Gasteiger partial charge in [0, 0.05) is 28.3 Å². The van der Waals surface area contributed by atoms with E-state index in [0.29, 0.717) is 42.7 Å². The van der Waals surface area contributed by atoms with Gasteiger partial charge < -0.3 is 19.3 Å². The van der Waals surface area contributed by atoms with Crippen molar-refractivity contribution in [2.75, 3.05) is 26.9 Å². The Morgan fingerprint density at radius 2 is 1.87 bits per heavy atom. The Kier molecular flexibility index (Phi) is 7.10. The number of halogens is 2. The third-order valence-electron chi connectivity index (χ3n) is 4.89. The molecule has 0 aliphatic carbocycles. The first-order chi connectivity index (χ1) is 14.5. The lowest BCUT2D eigenvalue weighted by atomic mass is 10.00. The lowest BCUT2D eigenvalue weighted by Gasteiger charge is -2.15. The van der Waals surface area contributed by atoms with E-state index in [2.05, 4.69) is 10.2 Å². The minimum Gasteiger partial charge on any atom is -0.506 e. The number of phenolic OH excluding ortho intramolecular Hbond substituents is 1. The Hall–Kier alpha value is -2.74. The monoisotopic (exact) mass is 463 g/mol. The minimum absolute atomic E-state index is 0. The van der Waals surface area contributed by atoms with Gasteiger partial charge in [-0.3, -0.25) is 5.10 Å². The van der Waals surface area contributed by atoms with Gasteiger partial charge in [-0.25, -0.2) is 4.98 Å². The number of ether oxygens (including phenoxy) is 3. The number of phenols is 1. The molecule has 7 nitrogen and oxygen atoms in total. The van der Waals surface area contributed by atoms with E-state index >= 15 is 0 Å². The molecule has 0 bridgehead atoms. The van der Waals surface area contributed by atoms with Crippen LogP contribution in [-0.4, -0.2) is 47.2 Å². The van der Waals surface area contributed by atoms with Crippen LogP contribution in [0.2, 0.25) is 5.02 Å². The fourth-order valence-corrected chi connectivity index (χ4v) is 3.64. The number of aryl methyl sites for hydroxylation is 1. The van der Waals surface area contributed by atoms with Crippen molar-refractivity contribution in [2.45, 2.75) is 13.8 Å². The molecule has 0 aliphatic rings. The van der Waals surface area contributed by atoms with Crippen LogP contribution in [0.4, 0.5) is 0 Å². The Morgan fingerprint density at radius 3 is 2.58 bits per heavy atom. The molecule has 31 heavy (non-hydrogen) atoms. The van der Waals surface area contributed by atoms with Gasteiger partial charge in [0.15, 0.2) is 17.1 Å². The van der Waals surface area contributed by atoms with Gasteiger partial charge in [0.05, 0.1) is 30.1 Å². The first kappa shape index (κ1) is 22.9. The molecule has 0 spiro atoms. The minimum atomic E-state index is 0. The van der Waals surface area contributed by atoms with Gasteiger partial charge in [0.1, 0.15) is 12.4 Å². The Balaban J connectivity index is 0.00000272. The molecule has 4 aromatic rings. The molecule has 0 radical (unpaired) electrons. The van der Waals surface area contributed by atoms with Crippen LogP contribution in [0.5, 0.6) is 17.2 Å². The number of nitrogens with one attached hydrogen (secondary N) is 1. The molecule has 4 rings (SSSR count). The number of aromatic hydroxyl groups is 1. The number of H-pyrrole nitrogens is 1. The van der Waals surface area contributed by atoms with Crippen LogP contribution >= 0.6 is 24.0 Å². The van der Waals surface area contributed by atoms with Gasteiger partial charge >= 0.3 is 0 Å². The molecule has 9 heteroatoms. The average molecular weight is 464 g/mol. The van der Waals surface area contributed by atoms with Crippen LogP contribution in [0.15, 0.2) is 30.3 Å². The number of hydrogen-bond acceptors (Lipinski definition) is 6. The lowest BCUT2D eigenvalue weighted by molar-refractivity contribution is 0.109. The molecule has 0 saturated carbocycles. The number of pyridine rings is 1. The zero-order valence-electron chi connectivity index (χ0n) is 17.4. The molecule has 0 aliphatic heterocycles. The zero-order chi connectivity index (χ0) is 21.3. The van der Waals surface area contributed by atoms with E-state index < -0.39 is 0 Å². The van der Waals surface area contributed by atoms with Gasteiger partial charge in [0.25, 0.3) is 0 Å². The lowest BCUT2D eigenvalue weighted by Crippen LogP contribution is -2.07. The molecule has 164 valence electrons. The summed E-state index contributed by atoms with van der Waals surface area (Å²) in [5.41, 5.74) is 2.96. The molecule has 2 N–H and O–H groups in total. The van der Waals surface area contributed by atoms with Crippen molar-refractivity contribution in [3.8, 4) is 28.5 Å². The van der Waals surface area contributed by atoms with Crippen LogP contribution in [0.3, 0.4) is 0 Å². The summed E-state index contributed by atoms with van der Waals surface area (Å²) in [6, 6.07) is 8.86. The fourth-order valence-electron chi connectivity index (χ4n) is 3.46. The Morgan fingerprint density at radius 1 is 1.10 bits per heavy atom. The summed E-state index contributed by atoms with van der Waals surface area (Å²) in [5, 5.41) is 20.1. The van der Waals surface area contributed by atoms with Crippen LogP contribution in [0.1, 0.15) is 12.6 Å². The molecule has 0 amide bonds. The van der Waals surface area contributed by atoms with Gasteiger partial charge in [-0.1, -0.05) is 11.6 Å². The summed E-state index contributed by atoms with van der Waals surface area (Å²) >= 11 is 6.15. The largest absolute Gasteiger partial charge is 0.506 e. The normalized spacial score (nSPS) is 11.0. The molecule has 0 atom stereocenters. The number of rotatable bonds is 7. The molecular formula is C22H23Cl2N3O4. The van der Waals surface area contributed by atoms with Crippen LogP contribution < -0.4 is 9.47 Å². The van der Waals surface area contributed by atoms with Crippen molar-refractivity contribution >= 4 is 45.8 Å². The molecule has 2 aromatic heterocycles. The molecule has 0 saturated heterocycles. The number of benzene rings is 2. The van der Waals surface area contributed by atoms with Crippen molar-refractivity contribution in [1.29, 1.82) is 0 Å². The molecular weight excluding hydrogens is 441 g/mol. The highest BCUT2D eigenvalue weighted by Crippen LogP contribution is 2.41. The second-order valence-electron chi connectivity index (χ2n) is 6.75. The second-order valence-corrected chi connectivity index (χ2v) is 7.16. The Labute approximate surface area is 190 Å². The predicted molar refractivity (Wildman–Crippen MR) is 124 cm³/mol. The van der Waals surface area contributed by atoms with E-state index in [-0.39, 0.29) is 23.2 Å². The van der Waals surface area contributed by atoms with E-state index in [0.717, 1.165) is 27.4 Å². The third-order valence-corrected chi connectivity index (χ3v) is 5.19. The van der Waals surface area contributed by atoms with Crippen LogP contribution in [-0.2, 0) is 4.74 Å². The molecule has 2 aromatic carbocycles. The smallest absolute Gasteiger partial charge is 0.161 e. The maximum Gasteiger partial charge on any atom is 0.161 e. The summed E-state index contributed by atoms with van der Waals surface area (Å²) in [6.45, 7) is 5.41. The number of hydrogen-bond donors (Lipinski definition) is 2. The summed E-state index contributed by atoms with van der Waals surface area (Å²) < 4.78 is 16.9. The van der Waals surface area contributed by atoms with Crippen LogP contribution in [0, 0.1) is 6.92 Å². The summed E-state index contributed by atoms with van der Waals surface area (Å²) in [5.74, 6) is 1.23. The quantitative estimate of drug-likeness (QED) is 0.361. The van der Waals surface area contributed by atoms with E-state index in [9.17, 15) is 5.11 Å². The zero-order valence-corrected chi connectivity index (χ0v) is 18.9. The molecule has 0 fully saturated rings. The van der Waals surface area contributed by atoms with E-state index in [1.165, 1.54) is 0 Å². The predicted octanol–water partition coefficient (Wildman–Crippen LogP) is 5.29. The van der Waals surface area contributed by atoms with Gasteiger partial charge in [0.2, 0.25) is 0 Å². The van der Waals surface area contributed by atoms with Gasteiger partial charge in [-0.2, -0.15) is 5.10 Å².